The number of benzene rings is 1. The molecule has 1 saturated carbocycles. The van der Waals surface area contributed by atoms with Crippen LogP contribution in [0, 0.1) is 0 Å². The average Bonchev–Trinajstić information content (AvgIpc) is 2.97. The Kier molecular flexibility index (Phi) is 1.79. The Labute approximate surface area is 90.4 Å². The van der Waals surface area contributed by atoms with E-state index in [4.69, 9.17) is 5.11 Å². The molecule has 0 atom stereocenters. The first-order chi connectivity index (χ1) is 7.24. The summed E-state index contributed by atoms with van der Waals surface area (Å²) in [5.74, 6) is -0.242. The van der Waals surface area contributed by atoms with Crippen LogP contribution in [-0.2, 0) is 0 Å². The van der Waals surface area contributed by atoms with Gasteiger partial charge in [0.2, 0.25) is 0 Å². The van der Waals surface area contributed by atoms with Crippen molar-refractivity contribution >= 4 is 27.5 Å². The fourth-order valence-corrected chi connectivity index (χ4v) is 2.76. The van der Waals surface area contributed by atoms with E-state index < -0.39 is 5.97 Å². The van der Waals surface area contributed by atoms with E-state index in [1.165, 1.54) is 12.8 Å². The van der Waals surface area contributed by atoms with E-state index >= 15 is 0 Å². The van der Waals surface area contributed by atoms with E-state index in [1.54, 1.807) is 29.5 Å². The van der Waals surface area contributed by atoms with Crippen LogP contribution < -0.4 is 0 Å². The first kappa shape index (κ1) is 8.85. The molecule has 1 aliphatic carbocycles. The summed E-state index contributed by atoms with van der Waals surface area (Å²) in [5.41, 5.74) is 1.26. The van der Waals surface area contributed by atoms with Crippen molar-refractivity contribution in [2.75, 3.05) is 0 Å². The number of carboxylic acid groups (broad SMARTS) is 1. The molecule has 0 amide bonds. The summed E-state index contributed by atoms with van der Waals surface area (Å²) in [7, 11) is 0. The van der Waals surface area contributed by atoms with Crippen LogP contribution in [-0.4, -0.2) is 16.1 Å². The first-order valence-electron chi connectivity index (χ1n) is 4.88. The highest BCUT2D eigenvalue weighted by Crippen LogP contribution is 2.43. The number of aromatic carboxylic acids is 1. The van der Waals surface area contributed by atoms with Crippen molar-refractivity contribution in [3.63, 3.8) is 0 Å². The number of fused-ring (bicyclic) bond motifs is 1. The van der Waals surface area contributed by atoms with E-state index in [0.29, 0.717) is 11.5 Å². The van der Waals surface area contributed by atoms with E-state index in [1.807, 2.05) is 0 Å². The lowest BCUT2D eigenvalue weighted by Gasteiger charge is -1.91. The number of nitrogens with zero attached hydrogens (tertiary/aromatic N) is 1. The second kappa shape index (κ2) is 3.03. The minimum atomic E-state index is -0.877. The van der Waals surface area contributed by atoms with E-state index in [-0.39, 0.29) is 0 Å². The predicted molar refractivity (Wildman–Crippen MR) is 58.6 cm³/mol. The number of thiazole rings is 1. The molecule has 3 rings (SSSR count). The maximum Gasteiger partial charge on any atom is 0.335 e. The molecular formula is C11H9NO2S. The molecule has 76 valence electrons. The van der Waals surface area contributed by atoms with E-state index in [0.717, 1.165) is 15.2 Å². The lowest BCUT2D eigenvalue weighted by atomic mass is 10.2. The Morgan fingerprint density at radius 2 is 2.27 bits per heavy atom. The van der Waals surface area contributed by atoms with Crippen LogP contribution in [0.2, 0.25) is 0 Å². The third kappa shape index (κ3) is 1.51. The van der Waals surface area contributed by atoms with Gasteiger partial charge >= 0.3 is 5.97 Å². The summed E-state index contributed by atoms with van der Waals surface area (Å²) in [5, 5.41) is 10.0. The van der Waals surface area contributed by atoms with Gasteiger partial charge in [0.05, 0.1) is 20.8 Å². The molecule has 1 aromatic carbocycles. The first-order valence-corrected chi connectivity index (χ1v) is 5.69. The van der Waals surface area contributed by atoms with Gasteiger partial charge in [-0.3, -0.25) is 0 Å². The minimum absolute atomic E-state index is 0.341. The van der Waals surface area contributed by atoms with Gasteiger partial charge in [-0.2, -0.15) is 0 Å². The normalized spacial score (nSPS) is 15.7. The zero-order chi connectivity index (χ0) is 10.4. The summed E-state index contributed by atoms with van der Waals surface area (Å²) in [4.78, 5) is 15.3. The Hall–Kier alpha value is -1.42. The van der Waals surface area contributed by atoms with Gasteiger partial charge in [-0.05, 0) is 31.0 Å². The van der Waals surface area contributed by atoms with Crippen LogP contribution in [0.15, 0.2) is 18.2 Å². The molecule has 1 aliphatic rings. The number of carboxylic acids is 1. The lowest BCUT2D eigenvalue weighted by Crippen LogP contribution is -1.94. The van der Waals surface area contributed by atoms with Crippen LogP contribution in [0.3, 0.4) is 0 Å². The highest BCUT2D eigenvalue weighted by molar-refractivity contribution is 7.18. The molecule has 4 heteroatoms. The van der Waals surface area contributed by atoms with Crippen molar-refractivity contribution in [3.8, 4) is 0 Å². The molecule has 0 radical (unpaired) electrons. The monoisotopic (exact) mass is 219 g/mol. The molecule has 0 bridgehead atoms. The van der Waals surface area contributed by atoms with Gasteiger partial charge in [0, 0.05) is 5.92 Å². The van der Waals surface area contributed by atoms with Crippen LogP contribution in [0.4, 0.5) is 0 Å². The quantitative estimate of drug-likeness (QED) is 0.844. The van der Waals surface area contributed by atoms with Gasteiger partial charge in [-0.25, -0.2) is 9.78 Å². The van der Waals surface area contributed by atoms with Crippen LogP contribution in [0.25, 0.3) is 10.2 Å². The lowest BCUT2D eigenvalue weighted by molar-refractivity contribution is 0.0697. The van der Waals surface area contributed by atoms with Crippen molar-refractivity contribution in [1.82, 2.24) is 4.98 Å². The smallest absolute Gasteiger partial charge is 0.335 e. The SMILES string of the molecule is O=C(O)c1ccc2nc(C3CC3)sc2c1. The zero-order valence-electron chi connectivity index (χ0n) is 7.93. The Morgan fingerprint density at radius 1 is 1.47 bits per heavy atom. The second-order valence-electron chi connectivity index (χ2n) is 3.81. The third-order valence-corrected chi connectivity index (χ3v) is 3.76. The molecule has 2 aromatic rings. The molecule has 1 N–H and O–H groups in total. The molecule has 0 aliphatic heterocycles. The molecule has 15 heavy (non-hydrogen) atoms. The Morgan fingerprint density at radius 3 is 2.93 bits per heavy atom. The topological polar surface area (TPSA) is 50.2 Å². The van der Waals surface area contributed by atoms with Gasteiger partial charge in [0.1, 0.15) is 0 Å². The van der Waals surface area contributed by atoms with Gasteiger partial charge in [0.25, 0.3) is 0 Å². The second-order valence-corrected chi connectivity index (χ2v) is 4.88. The standard InChI is InChI=1S/C11H9NO2S/c13-11(14)7-3-4-8-9(5-7)15-10(12-8)6-1-2-6/h3-6H,1-2H2,(H,13,14). The molecule has 0 saturated heterocycles. The van der Waals surface area contributed by atoms with E-state index in [2.05, 4.69) is 4.98 Å². The van der Waals surface area contributed by atoms with Gasteiger partial charge in [-0.15, -0.1) is 11.3 Å². The molecule has 1 aromatic heterocycles. The molecule has 3 nitrogen and oxygen atoms in total. The van der Waals surface area contributed by atoms with Crippen LogP contribution >= 0.6 is 11.3 Å². The number of hydrogen-bond donors (Lipinski definition) is 1. The molecular weight excluding hydrogens is 210 g/mol. The van der Waals surface area contributed by atoms with Crippen molar-refractivity contribution in [2.24, 2.45) is 0 Å². The number of hydrogen-bond acceptors (Lipinski definition) is 3. The third-order valence-electron chi connectivity index (χ3n) is 2.58. The summed E-state index contributed by atoms with van der Waals surface area (Å²) in [6.07, 6.45) is 2.46. The zero-order valence-corrected chi connectivity index (χ0v) is 8.75. The maximum atomic E-state index is 10.8. The van der Waals surface area contributed by atoms with E-state index in [9.17, 15) is 4.79 Å². The number of aromatic nitrogens is 1. The molecule has 1 fully saturated rings. The summed E-state index contributed by atoms with van der Waals surface area (Å²) < 4.78 is 0.983. The number of rotatable bonds is 2. The Balaban J connectivity index is 2.13. The van der Waals surface area contributed by atoms with Crippen molar-refractivity contribution < 1.29 is 9.90 Å². The van der Waals surface area contributed by atoms with Gasteiger partial charge < -0.3 is 5.11 Å². The van der Waals surface area contributed by atoms with Crippen LogP contribution in [0.5, 0.6) is 0 Å². The van der Waals surface area contributed by atoms with Crippen LogP contribution in [0.1, 0.15) is 34.1 Å². The van der Waals surface area contributed by atoms with Crippen molar-refractivity contribution in [3.05, 3.63) is 28.8 Å². The molecule has 0 spiro atoms. The van der Waals surface area contributed by atoms with Crippen molar-refractivity contribution in [2.45, 2.75) is 18.8 Å². The maximum absolute atomic E-state index is 10.8. The molecule has 1 heterocycles. The molecule has 0 unspecified atom stereocenters. The summed E-state index contributed by atoms with van der Waals surface area (Å²) >= 11 is 1.62. The average molecular weight is 219 g/mol. The summed E-state index contributed by atoms with van der Waals surface area (Å²) in [6.45, 7) is 0. The highest BCUT2D eigenvalue weighted by atomic mass is 32.1. The summed E-state index contributed by atoms with van der Waals surface area (Å²) in [6, 6.07) is 5.11. The largest absolute Gasteiger partial charge is 0.478 e. The fourth-order valence-electron chi connectivity index (χ4n) is 1.58. The van der Waals surface area contributed by atoms with Crippen molar-refractivity contribution in [1.29, 1.82) is 0 Å². The minimum Gasteiger partial charge on any atom is -0.478 e. The highest BCUT2D eigenvalue weighted by Gasteiger charge is 2.27. The number of carbonyl (C=O) groups is 1. The van der Waals surface area contributed by atoms with Gasteiger partial charge in [-0.1, -0.05) is 0 Å². The van der Waals surface area contributed by atoms with Gasteiger partial charge in [0.15, 0.2) is 0 Å². The fraction of sp³-hybridized carbons (Fsp3) is 0.273. The Bertz CT molecular complexity index is 543. The predicted octanol–water partition coefficient (Wildman–Crippen LogP) is 2.87.